The van der Waals surface area contributed by atoms with Crippen LogP contribution in [0.5, 0.6) is 0 Å². The molecule has 0 fully saturated rings. The van der Waals surface area contributed by atoms with Crippen molar-refractivity contribution < 1.29 is 13.2 Å². The van der Waals surface area contributed by atoms with E-state index in [0.29, 0.717) is 5.69 Å². The van der Waals surface area contributed by atoms with Crippen LogP contribution in [-0.2, 0) is 27.7 Å². The van der Waals surface area contributed by atoms with Crippen molar-refractivity contribution in [2.24, 2.45) is 5.73 Å². The Bertz CT molecular complexity index is 766. The number of anilines is 1. The van der Waals surface area contributed by atoms with Crippen LogP contribution in [-0.4, -0.2) is 14.3 Å². The van der Waals surface area contributed by atoms with E-state index in [4.69, 9.17) is 5.73 Å². The zero-order valence-electron chi connectivity index (χ0n) is 13.0. The highest BCUT2D eigenvalue weighted by molar-refractivity contribution is 7.92. The lowest BCUT2D eigenvalue weighted by Crippen LogP contribution is -2.14. The second kappa shape index (κ2) is 7.28. The number of hydrogen-bond acceptors (Lipinski definition) is 3. The first-order valence-corrected chi connectivity index (χ1v) is 8.88. The highest BCUT2D eigenvalue weighted by atomic mass is 32.2. The molecular weight excluding hydrogens is 312 g/mol. The van der Waals surface area contributed by atoms with Gasteiger partial charge in [-0.2, -0.15) is 0 Å². The van der Waals surface area contributed by atoms with Gasteiger partial charge in [0.05, 0.1) is 11.3 Å². The van der Waals surface area contributed by atoms with E-state index >= 15 is 0 Å². The molecule has 23 heavy (non-hydrogen) atoms. The van der Waals surface area contributed by atoms with Gasteiger partial charge >= 0.3 is 0 Å². The average molecular weight is 332 g/mol. The summed E-state index contributed by atoms with van der Waals surface area (Å²) < 4.78 is 27.2. The van der Waals surface area contributed by atoms with Crippen LogP contribution in [0.15, 0.2) is 53.4 Å². The van der Waals surface area contributed by atoms with Crippen LogP contribution in [0.4, 0.5) is 5.69 Å². The number of nitrogens with two attached hydrogens (primary N) is 1. The van der Waals surface area contributed by atoms with Crippen molar-refractivity contribution in [2.75, 3.05) is 4.72 Å². The largest absolute Gasteiger partial charge is 0.369 e. The third kappa shape index (κ3) is 4.82. The summed E-state index contributed by atoms with van der Waals surface area (Å²) in [5, 5.41) is 0. The van der Waals surface area contributed by atoms with E-state index in [9.17, 15) is 13.2 Å². The van der Waals surface area contributed by atoms with Gasteiger partial charge in [0.2, 0.25) is 5.91 Å². The Morgan fingerprint density at radius 3 is 2.09 bits per heavy atom. The molecule has 2 rings (SSSR count). The molecule has 122 valence electrons. The molecule has 0 spiro atoms. The zero-order valence-corrected chi connectivity index (χ0v) is 13.8. The van der Waals surface area contributed by atoms with Gasteiger partial charge in [-0.05, 0) is 41.8 Å². The number of rotatable bonds is 7. The minimum atomic E-state index is -3.62. The van der Waals surface area contributed by atoms with Crippen LogP contribution in [0.2, 0.25) is 0 Å². The third-order valence-corrected chi connectivity index (χ3v) is 4.75. The smallest absolute Gasteiger partial charge is 0.261 e. The lowest BCUT2D eigenvalue weighted by Gasteiger charge is -2.09. The van der Waals surface area contributed by atoms with Gasteiger partial charge in [-0.1, -0.05) is 37.6 Å². The summed E-state index contributed by atoms with van der Waals surface area (Å²) in [6, 6.07) is 13.4. The highest BCUT2D eigenvalue weighted by Gasteiger charge is 2.14. The minimum absolute atomic E-state index is 0.131. The Kier molecular flexibility index (Phi) is 5.39. The fourth-order valence-corrected chi connectivity index (χ4v) is 3.29. The molecule has 2 aromatic carbocycles. The fraction of sp³-hybridized carbons (Fsp3) is 0.235. The molecule has 0 aliphatic rings. The van der Waals surface area contributed by atoms with Crippen molar-refractivity contribution in [3.05, 3.63) is 59.7 Å². The molecule has 0 bridgehead atoms. The lowest BCUT2D eigenvalue weighted by molar-refractivity contribution is -0.117. The summed E-state index contributed by atoms with van der Waals surface area (Å²) in [5.74, 6) is -0.425. The standard InChI is InChI=1S/C17H20N2O3S/c1-2-3-13-6-10-16(11-7-13)23(21,22)19-15-8-4-14(5-9-15)12-17(18)20/h4-11,19H,2-3,12H2,1H3,(H2,18,20). The molecule has 5 nitrogen and oxygen atoms in total. The Morgan fingerprint density at radius 2 is 1.57 bits per heavy atom. The van der Waals surface area contributed by atoms with E-state index in [0.717, 1.165) is 24.0 Å². The molecule has 0 aromatic heterocycles. The number of aryl methyl sites for hydroxylation is 1. The topological polar surface area (TPSA) is 89.3 Å². The summed E-state index contributed by atoms with van der Waals surface area (Å²) >= 11 is 0. The van der Waals surface area contributed by atoms with E-state index < -0.39 is 15.9 Å². The van der Waals surface area contributed by atoms with Crippen LogP contribution in [0.25, 0.3) is 0 Å². The SMILES string of the molecule is CCCc1ccc(S(=O)(=O)Nc2ccc(CC(N)=O)cc2)cc1. The first-order chi connectivity index (χ1) is 10.9. The predicted octanol–water partition coefficient (Wildman–Crippen LogP) is 2.47. The molecule has 3 N–H and O–H groups in total. The average Bonchev–Trinajstić information content (AvgIpc) is 2.49. The maximum Gasteiger partial charge on any atom is 0.261 e. The van der Waals surface area contributed by atoms with Gasteiger partial charge in [-0.3, -0.25) is 9.52 Å². The Morgan fingerprint density at radius 1 is 1.00 bits per heavy atom. The van der Waals surface area contributed by atoms with Crippen LogP contribution in [0, 0.1) is 0 Å². The maximum atomic E-state index is 12.3. The van der Waals surface area contributed by atoms with Crippen molar-refractivity contribution >= 4 is 21.6 Å². The number of amides is 1. The number of primary amides is 1. The minimum Gasteiger partial charge on any atom is -0.369 e. The number of carbonyl (C=O) groups excluding carboxylic acids is 1. The number of carbonyl (C=O) groups is 1. The molecule has 0 radical (unpaired) electrons. The summed E-state index contributed by atoms with van der Waals surface area (Å²) in [6.45, 7) is 2.08. The molecule has 6 heteroatoms. The van der Waals surface area contributed by atoms with Gasteiger partial charge < -0.3 is 5.73 Å². The van der Waals surface area contributed by atoms with E-state index in [2.05, 4.69) is 11.6 Å². The molecular formula is C17H20N2O3S. The molecule has 0 aliphatic heterocycles. The summed E-state index contributed by atoms with van der Waals surface area (Å²) in [7, 11) is -3.62. The number of nitrogens with one attached hydrogen (secondary N) is 1. The van der Waals surface area contributed by atoms with Gasteiger partial charge in [-0.25, -0.2) is 8.42 Å². The second-order valence-electron chi connectivity index (χ2n) is 5.34. The van der Waals surface area contributed by atoms with Gasteiger partial charge in [0.1, 0.15) is 0 Å². The van der Waals surface area contributed by atoms with Crippen LogP contribution < -0.4 is 10.5 Å². The fourth-order valence-electron chi connectivity index (χ4n) is 2.23. The van der Waals surface area contributed by atoms with Gasteiger partial charge in [-0.15, -0.1) is 0 Å². The second-order valence-corrected chi connectivity index (χ2v) is 7.02. The van der Waals surface area contributed by atoms with Crippen molar-refractivity contribution in [3.63, 3.8) is 0 Å². The Balaban J connectivity index is 2.12. The number of hydrogen-bond donors (Lipinski definition) is 2. The summed E-state index contributed by atoms with van der Waals surface area (Å²) in [4.78, 5) is 11.1. The highest BCUT2D eigenvalue weighted by Crippen LogP contribution is 2.18. The Labute approximate surface area is 136 Å². The maximum absolute atomic E-state index is 12.3. The third-order valence-electron chi connectivity index (χ3n) is 3.36. The molecule has 0 heterocycles. The summed E-state index contributed by atoms with van der Waals surface area (Å²) in [6.07, 6.45) is 2.07. The number of sulfonamides is 1. The molecule has 0 aliphatic carbocycles. The molecule has 2 aromatic rings. The normalized spacial score (nSPS) is 11.2. The van der Waals surface area contributed by atoms with E-state index in [1.54, 1.807) is 36.4 Å². The van der Waals surface area contributed by atoms with Gasteiger partial charge in [0.15, 0.2) is 0 Å². The van der Waals surface area contributed by atoms with Crippen molar-refractivity contribution in [1.29, 1.82) is 0 Å². The lowest BCUT2D eigenvalue weighted by atomic mass is 10.1. The van der Waals surface area contributed by atoms with Crippen molar-refractivity contribution in [2.45, 2.75) is 31.1 Å². The van der Waals surface area contributed by atoms with Crippen LogP contribution in [0.1, 0.15) is 24.5 Å². The monoisotopic (exact) mass is 332 g/mol. The van der Waals surface area contributed by atoms with E-state index in [1.807, 2.05) is 12.1 Å². The molecule has 1 amide bonds. The van der Waals surface area contributed by atoms with Crippen LogP contribution >= 0.6 is 0 Å². The zero-order chi connectivity index (χ0) is 16.9. The molecule has 0 unspecified atom stereocenters. The van der Waals surface area contributed by atoms with Crippen molar-refractivity contribution in [1.82, 2.24) is 0 Å². The van der Waals surface area contributed by atoms with Gasteiger partial charge in [0.25, 0.3) is 10.0 Å². The van der Waals surface area contributed by atoms with Gasteiger partial charge in [0, 0.05) is 5.69 Å². The first-order valence-electron chi connectivity index (χ1n) is 7.39. The predicted molar refractivity (Wildman–Crippen MR) is 90.6 cm³/mol. The van der Waals surface area contributed by atoms with E-state index in [1.165, 1.54) is 0 Å². The number of benzene rings is 2. The Hall–Kier alpha value is -2.34. The van der Waals surface area contributed by atoms with Crippen molar-refractivity contribution in [3.8, 4) is 0 Å². The molecule has 0 saturated carbocycles. The first kappa shape index (κ1) is 17.0. The molecule has 0 saturated heterocycles. The molecule has 0 atom stereocenters. The summed E-state index contributed by atoms with van der Waals surface area (Å²) in [5.41, 5.74) is 7.42. The van der Waals surface area contributed by atoms with Crippen LogP contribution in [0.3, 0.4) is 0 Å². The quantitative estimate of drug-likeness (QED) is 0.816. The van der Waals surface area contributed by atoms with E-state index in [-0.39, 0.29) is 11.3 Å².